The van der Waals surface area contributed by atoms with Crippen molar-refractivity contribution in [1.82, 2.24) is 38.9 Å². The Balaban J connectivity index is 0.000000296. The first-order chi connectivity index (χ1) is 39.3. The molecule has 12 nitrogen and oxygen atoms in total. The molecular weight excluding hydrogens is 1870 g/mol. The molecule has 0 saturated carbocycles. The minimum atomic E-state index is -0.990. The number of carboxylic acid groups (broad SMARTS) is 1. The van der Waals surface area contributed by atoms with Gasteiger partial charge in [-0.15, -0.1) is 17.3 Å². The number of nitrogens with zero attached hydrogens (tertiary/aromatic N) is 8. The van der Waals surface area contributed by atoms with Gasteiger partial charge in [0, 0.05) is 177 Å². The summed E-state index contributed by atoms with van der Waals surface area (Å²) in [6, 6.07) is 54.2. The minimum Gasteiger partial charge on any atom is -0.708 e. The van der Waals surface area contributed by atoms with Crippen LogP contribution in [-0.2, 0) is 81.6 Å². The third kappa shape index (κ3) is 20.8. The van der Waals surface area contributed by atoms with Crippen molar-refractivity contribution in [2.75, 3.05) is 0 Å². The number of carboxylic acids is 1. The average Bonchev–Trinajstić information content (AvgIpc) is 4.08. The molecule has 2 radical (unpaired) electrons. The first kappa shape index (κ1) is 74.7. The zero-order chi connectivity index (χ0) is 57.3. The van der Waals surface area contributed by atoms with Crippen LogP contribution in [0, 0.1) is 149 Å². The van der Waals surface area contributed by atoms with Crippen molar-refractivity contribution < 1.29 is 166 Å². The minimum absolute atomic E-state index is 0. The first-order valence-electron chi connectivity index (χ1n) is 26.0. The number of allylic oxidation sites excluding steroid dienone is 1. The normalized spacial score (nSPS) is 9.99. The van der Waals surface area contributed by atoms with Gasteiger partial charge in [0.25, 0.3) is 0 Å². The molecule has 2 N–H and O–H groups in total. The monoisotopic (exact) mass is 1930 g/mol. The van der Waals surface area contributed by atoms with E-state index in [1.165, 1.54) is 91.0 Å². The van der Waals surface area contributed by atoms with Crippen molar-refractivity contribution in [3.8, 4) is 50.6 Å². The second kappa shape index (κ2) is 37.3. The van der Waals surface area contributed by atoms with Gasteiger partial charge in [0.15, 0.2) is 0 Å². The number of carbonyl (C=O) groups is 1. The fraction of sp³-hybridized carbons (Fsp3) is 0.116. The largest absolute Gasteiger partial charge is 0.708 e. The van der Waals surface area contributed by atoms with Gasteiger partial charge in [-0.2, -0.15) is 12.1 Å². The average molecular weight is 1930 g/mol. The van der Waals surface area contributed by atoms with Gasteiger partial charge in [0.1, 0.15) is 5.69 Å². The van der Waals surface area contributed by atoms with Crippen molar-refractivity contribution in [2.24, 2.45) is 7.05 Å². The third-order valence-corrected chi connectivity index (χ3v) is 12.9. The molecule has 0 bridgehead atoms. The van der Waals surface area contributed by atoms with E-state index in [4.69, 9.17) is 15.0 Å². The summed E-state index contributed by atoms with van der Waals surface area (Å²) in [5, 5.41) is 25.0. The number of rotatable bonds is 9. The summed E-state index contributed by atoms with van der Waals surface area (Å²) >= 11 is 0. The van der Waals surface area contributed by atoms with E-state index in [0.717, 1.165) is 57.5 Å². The summed E-state index contributed by atoms with van der Waals surface area (Å²) in [7, 11) is 1.97. The van der Waals surface area contributed by atoms with Crippen molar-refractivity contribution in [3.63, 3.8) is 0 Å². The SMILES string of the molecule is Cc1cc(C)c(-c2ccc(-c3[c-]n(C)cc3)nc2)c(C)c1.Cc1cc(C)c(-n2[c-]c(-c3cc4ccccc4cn3)cn2)c(C)c1.O=C(O)c1ccccn1.O=[C-]C=[C-]O.[Pr].[Pr].[Pt].[Pt].[Pt].[c-]1cn(Cc2ccccc2)cc1-c1nccc2ccccc12. The molecule has 7 aromatic heterocycles. The molecule has 0 spiro atoms. The van der Waals surface area contributed by atoms with Crippen LogP contribution in [-0.4, -0.2) is 61.3 Å². The predicted octanol–water partition coefficient (Wildman–Crippen LogP) is 14.6. The molecule has 0 fully saturated rings. The van der Waals surface area contributed by atoms with E-state index in [0.29, 0.717) is 0 Å². The van der Waals surface area contributed by atoms with E-state index in [-0.39, 0.29) is 151 Å². The Hall–Kier alpha value is -5.54. The summed E-state index contributed by atoms with van der Waals surface area (Å²) in [6.07, 6.45) is 25.2. The summed E-state index contributed by atoms with van der Waals surface area (Å²) < 4.78 is 5.89. The van der Waals surface area contributed by atoms with Crippen LogP contribution in [0.3, 0.4) is 0 Å². The van der Waals surface area contributed by atoms with Crippen LogP contribution < -0.4 is 0 Å². The van der Waals surface area contributed by atoms with Crippen LogP contribution >= 0.6 is 0 Å². The first-order valence-corrected chi connectivity index (χ1v) is 26.0. The van der Waals surface area contributed by atoms with Crippen molar-refractivity contribution >= 4 is 33.8 Å². The number of aliphatic hydroxyl groups excluding tert-OH is 1. The summed E-state index contributed by atoms with van der Waals surface area (Å²) in [6.45, 7) is 13.6. The van der Waals surface area contributed by atoms with Gasteiger partial charge in [0.05, 0.1) is 0 Å². The quantitative estimate of drug-likeness (QED) is 0.0817. The number of pyridine rings is 4. The zero-order valence-corrected chi connectivity index (χ0v) is 62.5. The molecule has 5 aromatic carbocycles. The third-order valence-electron chi connectivity index (χ3n) is 12.9. The Bertz CT molecular complexity index is 4050. The Morgan fingerprint density at radius 2 is 1.23 bits per heavy atom. The van der Waals surface area contributed by atoms with Gasteiger partial charge in [-0.25, -0.2) is 14.9 Å². The maximum Gasteiger partial charge on any atom is 0.354 e. The van der Waals surface area contributed by atoms with Gasteiger partial charge in [-0.1, -0.05) is 174 Å². The number of aromatic nitrogens is 8. The molecule has 12 aromatic rings. The number of aryl methyl sites for hydroxylation is 7. The van der Waals surface area contributed by atoms with Gasteiger partial charge in [-0.05, 0) is 151 Å². The van der Waals surface area contributed by atoms with Crippen LogP contribution in [0.2, 0.25) is 0 Å². The Labute approximate surface area is 612 Å². The van der Waals surface area contributed by atoms with Crippen LogP contribution in [0.1, 0.15) is 49.4 Å². The molecule has 440 valence electrons. The van der Waals surface area contributed by atoms with Crippen LogP contribution in [0.5, 0.6) is 0 Å². The van der Waals surface area contributed by atoms with Gasteiger partial charge in [0.2, 0.25) is 0 Å². The fourth-order valence-corrected chi connectivity index (χ4v) is 9.45. The molecule has 86 heavy (non-hydrogen) atoms. The number of carbonyl (C=O) groups excluding carboxylic acids is 1. The number of aromatic carboxylic acids is 1. The number of benzene rings is 5. The summed E-state index contributed by atoms with van der Waals surface area (Å²) in [5.41, 5.74) is 18.3. The van der Waals surface area contributed by atoms with Crippen molar-refractivity contribution in [3.05, 3.63) is 277 Å². The number of hydrogen-bond donors (Lipinski definition) is 2. The van der Waals surface area contributed by atoms with Crippen molar-refractivity contribution in [2.45, 2.75) is 48.1 Å². The topological polar surface area (TPSA) is 154 Å². The predicted molar refractivity (Wildman–Crippen MR) is 321 cm³/mol. The smallest absolute Gasteiger partial charge is 0.354 e. The summed E-state index contributed by atoms with van der Waals surface area (Å²) in [5.74, 6) is -0.990. The van der Waals surface area contributed by atoms with Gasteiger partial charge < -0.3 is 56.1 Å². The Morgan fingerprint density at radius 3 is 1.81 bits per heavy atom. The molecule has 0 saturated heterocycles. The van der Waals surface area contributed by atoms with E-state index < -0.39 is 5.97 Å². The molecule has 12 rings (SSSR count). The molecule has 17 heteroatoms. The second-order valence-corrected chi connectivity index (χ2v) is 19.2. The maximum absolute atomic E-state index is 10.1. The Kier molecular flexibility index (Phi) is 32.4. The van der Waals surface area contributed by atoms with Gasteiger partial charge >= 0.3 is 5.97 Å². The molecule has 0 aliphatic rings. The van der Waals surface area contributed by atoms with Crippen LogP contribution in [0.4, 0.5) is 0 Å². The van der Waals surface area contributed by atoms with E-state index >= 15 is 0 Å². The maximum atomic E-state index is 10.1. The molecule has 7 heterocycles. The zero-order valence-electron chi connectivity index (χ0n) is 48.2. The van der Waals surface area contributed by atoms with Crippen LogP contribution in [0.25, 0.3) is 72.1 Å². The van der Waals surface area contributed by atoms with E-state index in [1.807, 2.05) is 83.8 Å². The number of aliphatic hydroxyl groups is 1. The van der Waals surface area contributed by atoms with E-state index in [2.05, 4.69) is 199 Å². The van der Waals surface area contributed by atoms with E-state index in [9.17, 15) is 4.79 Å². The number of hydrogen-bond acceptors (Lipinski definition) is 8. The second-order valence-electron chi connectivity index (χ2n) is 19.2. The van der Waals surface area contributed by atoms with Crippen molar-refractivity contribution in [1.29, 1.82) is 0 Å². The van der Waals surface area contributed by atoms with Crippen LogP contribution in [0.15, 0.2) is 207 Å². The fourth-order valence-electron chi connectivity index (χ4n) is 9.45. The number of fused-ring (bicyclic) bond motifs is 2. The molecule has 0 atom stereocenters. The molecule has 0 aliphatic carbocycles. The molecule has 0 aliphatic heterocycles. The standard InChI is InChI=1S/C21H18N3.C20H15N2.C19H19N2.C6H5NO2.C3H2O2.2Pr.3Pt/c1-14-8-15(2)21(16(3)9-14)24-13-19(12-23-24)20-10-17-6-4-5-7-18(17)11-22-20;1-2-6-16(7-3-1)14-22-13-11-18(15-22)20-19-9-5-4-8-17(19)10-12-21-20;1-13-9-14(2)19(15(3)10-13)16-5-6-18(20-11-16)17-7-8-21(4)12-17;8-6(9)5-3-1-2-4-7-5;4-2-1-3-5;;;;;/h4-12H,1-3H3;1-10,12-13,15H,14H2;5-11H,1-4H3;1-4H,(H,8,9);1,4H;;;;;/q3*-1;;-2;;;;;. The van der Waals surface area contributed by atoms with Gasteiger partial charge in [-0.3, -0.25) is 6.29 Å². The summed E-state index contributed by atoms with van der Waals surface area (Å²) in [4.78, 5) is 36.4. The van der Waals surface area contributed by atoms with E-state index in [1.54, 1.807) is 12.1 Å². The molecule has 0 amide bonds. The Morgan fingerprint density at radius 1 is 0.605 bits per heavy atom. The molecular formula is C69H59N8O4Pr2Pt3-5. The molecule has 0 unspecified atom stereocenters.